The van der Waals surface area contributed by atoms with Crippen LogP contribution in [0.25, 0.3) is 0 Å². The van der Waals surface area contributed by atoms with Crippen LogP contribution in [-0.2, 0) is 9.53 Å². The highest BCUT2D eigenvalue weighted by Crippen LogP contribution is 2.21. The molecule has 0 spiro atoms. The van der Waals surface area contributed by atoms with Crippen LogP contribution in [-0.4, -0.2) is 12.6 Å². The Labute approximate surface area is 228 Å². The van der Waals surface area contributed by atoms with Gasteiger partial charge in [-0.2, -0.15) is 0 Å². The molecule has 0 aliphatic rings. The van der Waals surface area contributed by atoms with Crippen LogP contribution < -0.4 is 0 Å². The van der Waals surface area contributed by atoms with E-state index in [0.29, 0.717) is 12.5 Å². The maximum atomic E-state index is 12.6. The molecule has 216 valence electrons. The van der Waals surface area contributed by atoms with Gasteiger partial charge in [-0.1, -0.05) is 175 Å². The third-order valence-corrected chi connectivity index (χ3v) is 8.04. The fourth-order valence-electron chi connectivity index (χ4n) is 5.31. The predicted molar refractivity (Wildman–Crippen MR) is 161 cm³/mol. The van der Waals surface area contributed by atoms with E-state index in [1.54, 1.807) is 0 Å². The lowest BCUT2D eigenvalue weighted by molar-refractivity contribution is -0.149. The number of esters is 1. The molecule has 0 N–H and O–H groups in total. The molecule has 0 heterocycles. The zero-order chi connectivity index (χ0) is 26.5. The summed E-state index contributed by atoms with van der Waals surface area (Å²) in [5.74, 6) is 0.682. The number of hydrogen-bond acceptors (Lipinski definition) is 2. The highest BCUT2D eigenvalue weighted by atomic mass is 16.5. The molecule has 0 bridgehead atoms. The third kappa shape index (κ3) is 25.1. The van der Waals surface area contributed by atoms with Crippen molar-refractivity contribution in [1.29, 1.82) is 0 Å². The number of unbranched alkanes of at least 4 members (excludes halogenated alkanes) is 20. The van der Waals surface area contributed by atoms with Crippen molar-refractivity contribution in [3.05, 3.63) is 0 Å². The first-order chi connectivity index (χ1) is 17.7. The van der Waals surface area contributed by atoms with Gasteiger partial charge in [-0.25, -0.2) is 0 Å². The minimum Gasteiger partial charge on any atom is -0.465 e. The van der Waals surface area contributed by atoms with Crippen molar-refractivity contribution in [3.8, 4) is 0 Å². The number of hydrogen-bond donors (Lipinski definition) is 0. The van der Waals surface area contributed by atoms with Crippen LogP contribution in [0.1, 0.15) is 195 Å². The van der Waals surface area contributed by atoms with Crippen LogP contribution in [0.3, 0.4) is 0 Å². The van der Waals surface area contributed by atoms with Gasteiger partial charge in [-0.3, -0.25) is 4.79 Å². The first kappa shape index (κ1) is 35.5. The Bertz CT molecular complexity index is 433. The summed E-state index contributed by atoms with van der Waals surface area (Å²) in [5.41, 5.74) is 0. The molecule has 0 aliphatic heterocycles. The van der Waals surface area contributed by atoms with Crippen molar-refractivity contribution >= 4 is 5.97 Å². The molecule has 0 aromatic heterocycles. The number of rotatable bonds is 29. The van der Waals surface area contributed by atoms with E-state index in [-0.39, 0.29) is 11.9 Å². The van der Waals surface area contributed by atoms with Crippen molar-refractivity contribution in [2.45, 2.75) is 195 Å². The topological polar surface area (TPSA) is 26.3 Å². The molecule has 0 saturated carbocycles. The van der Waals surface area contributed by atoms with E-state index in [2.05, 4.69) is 27.7 Å². The summed E-state index contributed by atoms with van der Waals surface area (Å²) in [5, 5.41) is 0. The van der Waals surface area contributed by atoms with Crippen LogP contribution in [0.2, 0.25) is 0 Å². The largest absolute Gasteiger partial charge is 0.465 e. The number of ether oxygens (including phenoxy) is 1. The van der Waals surface area contributed by atoms with Crippen molar-refractivity contribution in [2.24, 2.45) is 11.8 Å². The zero-order valence-corrected chi connectivity index (χ0v) is 25.6. The lowest BCUT2D eigenvalue weighted by atomic mass is 9.94. The van der Waals surface area contributed by atoms with E-state index in [4.69, 9.17) is 4.74 Å². The maximum Gasteiger partial charge on any atom is 0.308 e. The molecular weight excluding hydrogens is 440 g/mol. The second kappa shape index (κ2) is 29.0. The first-order valence-electron chi connectivity index (χ1n) is 16.8. The molecule has 2 unspecified atom stereocenters. The maximum absolute atomic E-state index is 12.6. The summed E-state index contributed by atoms with van der Waals surface area (Å²) in [7, 11) is 0. The van der Waals surface area contributed by atoms with Gasteiger partial charge in [0.25, 0.3) is 0 Å². The van der Waals surface area contributed by atoms with E-state index in [0.717, 1.165) is 12.8 Å². The fraction of sp³-hybridized carbons (Fsp3) is 0.971. The predicted octanol–water partition coefficient (Wildman–Crippen LogP) is 12.0. The smallest absolute Gasteiger partial charge is 0.308 e. The van der Waals surface area contributed by atoms with E-state index >= 15 is 0 Å². The van der Waals surface area contributed by atoms with E-state index < -0.39 is 0 Å². The Hall–Kier alpha value is -0.530. The first-order valence-corrected chi connectivity index (χ1v) is 16.8. The summed E-state index contributed by atoms with van der Waals surface area (Å²) in [6, 6.07) is 0. The van der Waals surface area contributed by atoms with Crippen LogP contribution in [0, 0.1) is 11.8 Å². The normalized spacial score (nSPS) is 13.1. The van der Waals surface area contributed by atoms with Gasteiger partial charge in [0.05, 0.1) is 12.5 Å². The molecule has 0 aromatic rings. The Kier molecular flexibility index (Phi) is 28.6. The molecule has 0 aliphatic carbocycles. The van der Waals surface area contributed by atoms with Gasteiger partial charge in [-0.05, 0) is 25.2 Å². The summed E-state index contributed by atoms with van der Waals surface area (Å²) < 4.78 is 5.86. The monoisotopic (exact) mass is 509 g/mol. The van der Waals surface area contributed by atoms with E-state index in [1.165, 1.54) is 154 Å². The molecule has 0 fully saturated rings. The highest BCUT2D eigenvalue weighted by molar-refractivity contribution is 5.71. The van der Waals surface area contributed by atoms with Crippen molar-refractivity contribution in [1.82, 2.24) is 0 Å². The minimum absolute atomic E-state index is 0.0492. The fourth-order valence-corrected chi connectivity index (χ4v) is 5.31. The molecule has 2 atom stereocenters. The van der Waals surface area contributed by atoms with Crippen LogP contribution >= 0.6 is 0 Å². The SMILES string of the molecule is CCCCCCCCCCCCCCC(CCCCCCCC)COC(=O)C(C)CCCCCCC. The average Bonchev–Trinajstić information content (AvgIpc) is 2.88. The van der Waals surface area contributed by atoms with E-state index in [1.807, 2.05) is 0 Å². The van der Waals surface area contributed by atoms with Gasteiger partial charge >= 0.3 is 5.97 Å². The van der Waals surface area contributed by atoms with Crippen LogP contribution in [0.15, 0.2) is 0 Å². The van der Waals surface area contributed by atoms with E-state index in [9.17, 15) is 4.79 Å². The molecule has 0 rings (SSSR count). The second-order valence-corrected chi connectivity index (χ2v) is 11.8. The second-order valence-electron chi connectivity index (χ2n) is 11.8. The van der Waals surface area contributed by atoms with Crippen molar-refractivity contribution in [3.63, 3.8) is 0 Å². The third-order valence-electron chi connectivity index (χ3n) is 8.04. The van der Waals surface area contributed by atoms with Crippen molar-refractivity contribution < 1.29 is 9.53 Å². The Morgan fingerprint density at radius 2 is 0.778 bits per heavy atom. The van der Waals surface area contributed by atoms with Gasteiger partial charge < -0.3 is 4.74 Å². The molecule has 2 nitrogen and oxygen atoms in total. The van der Waals surface area contributed by atoms with Crippen LogP contribution in [0.5, 0.6) is 0 Å². The van der Waals surface area contributed by atoms with Gasteiger partial charge in [-0.15, -0.1) is 0 Å². The lowest BCUT2D eigenvalue weighted by Crippen LogP contribution is -2.20. The highest BCUT2D eigenvalue weighted by Gasteiger charge is 2.17. The molecule has 2 heteroatoms. The van der Waals surface area contributed by atoms with Gasteiger partial charge in [0.15, 0.2) is 0 Å². The quantitative estimate of drug-likeness (QED) is 0.0741. The summed E-state index contributed by atoms with van der Waals surface area (Å²) in [6.45, 7) is 9.55. The Morgan fingerprint density at radius 3 is 1.14 bits per heavy atom. The average molecular weight is 509 g/mol. The number of carbonyl (C=O) groups excluding carboxylic acids is 1. The van der Waals surface area contributed by atoms with Crippen LogP contribution in [0.4, 0.5) is 0 Å². The minimum atomic E-state index is 0.0492. The summed E-state index contributed by atoms with van der Waals surface area (Å²) in [4.78, 5) is 12.6. The molecule has 0 amide bonds. The zero-order valence-electron chi connectivity index (χ0n) is 25.6. The molecule has 36 heavy (non-hydrogen) atoms. The Balaban J connectivity index is 4.06. The van der Waals surface area contributed by atoms with Gasteiger partial charge in [0, 0.05) is 0 Å². The molecule has 0 radical (unpaired) electrons. The Morgan fingerprint density at radius 1 is 0.472 bits per heavy atom. The standard InChI is InChI=1S/C34H68O2/c1-5-8-11-14-16-17-18-19-20-21-24-27-30-33(29-26-23-15-12-9-6-2)31-36-34(35)32(4)28-25-22-13-10-7-3/h32-33H,5-31H2,1-4H3. The molecule has 0 saturated heterocycles. The van der Waals surface area contributed by atoms with Crippen molar-refractivity contribution in [2.75, 3.05) is 6.61 Å². The summed E-state index contributed by atoms with van der Waals surface area (Å²) >= 11 is 0. The summed E-state index contributed by atoms with van der Waals surface area (Å²) in [6.07, 6.45) is 34.7. The van der Waals surface area contributed by atoms with Gasteiger partial charge in [0.2, 0.25) is 0 Å². The van der Waals surface area contributed by atoms with Gasteiger partial charge in [0.1, 0.15) is 0 Å². The molecule has 0 aromatic carbocycles. The number of carbonyl (C=O) groups is 1. The lowest BCUT2D eigenvalue weighted by Gasteiger charge is -2.19. The molecular formula is C34H68O2.